The van der Waals surface area contributed by atoms with E-state index >= 15 is 0 Å². The van der Waals surface area contributed by atoms with Gasteiger partial charge in [0.15, 0.2) is 0 Å². The second-order valence-electron chi connectivity index (χ2n) is 8.55. The molecule has 0 unspecified atom stereocenters. The molecule has 0 aromatic heterocycles. The van der Waals surface area contributed by atoms with Gasteiger partial charge < -0.3 is 14.9 Å². The van der Waals surface area contributed by atoms with Crippen LogP contribution in [0.1, 0.15) is 56.1 Å². The Hall–Kier alpha value is -1.55. The summed E-state index contributed by atoms with van der Waals surface area (Å²) in [6, 6.07) is 5.80. The molecule has 25 heavy (non-hydrogen) atoms. The fourth-order valence-electron chi connectivity index (χ4n) is 6.33. The van der Waals surface area contributed by atoms with Crippen LogP contribution in [0.3, 0.4) is 0 Å². The molecule has 0 radical (unpaired) electrons. The van der Waals surface area contributed by atoms with E-state index in [1.54, 1.807) is 6.07 Å². The van der Waals surface area contributed by atoms with Crippen molar-refractivity contribution >= 4 is 5.97 Å². The van der Waals surface area contributed by atoms with Gasteiger partial charge in [-0.25, -0.2) is 0 Å². The normalized spacial score (nSPS) is 39.2. The third kappa shape index (κ3) is 2.57. The standard InChI is InChI=1S/C21H28O4/c1-21-8-7-16-15-6-4-14(22)9-12(15)3-5-17(16)20(21)13(10-18(21)23)11-19(24)25-2/h4,6,9,13,16-18,20,22-23H,3,5,7-8,10-11H2,1-2H3/t13-,16-,17-,18+,20+,21-/m1/s1. The summed E-state index contributed by atoms with van der Waals surface area (Å²) in [5.74, 6) is 1.74. The Bertz CT molecular complexity index is 684. The van der Waals surface area contributed by atoms with E-state index in [4.69, 9.17) is 4.74 Å². The van der Waals surface area contributed by atoms with E-state index < -0.39 is 0 Å². The molecule has 2 saturated carbocycles. The number of aryl methyl sites for hydroxylation is 1. The molecule has 2 N–H and O–H groups in total. The fraction of sp³-hybridized carbons (Fsp3) is 0.667. The maximum absolute atomic E-state index is 11.9. The van der Waals surface area contributed by atoms with Gasteiger partial charge >= 0.3 is 5.97 Å². The molecule has 4 rings (SSSR count). The first-order valence-electron chi connectivity index (χ1n) is 9.50. The Morgan fingerprint density at radius 1 is 1.36 bits per heavy atom. The zero-order valence-corrected chi connectivity index (χ0v) is 15.1. The van der Waals surface area contributed by atoms with E-state index in [2.05, 4.69) is 13.0 Å². The Morgan fingerprint density at radius 3 is 2.92 bits per heavy atom. The quantitative estimate of drug-likeness (QED) is 0.807. The second kappa shape index (κ2) is 6.01. The maximum atomic E-state index is 11.9. The molecule has 6 atom stereocenters. The van der Waals surface area contributed by atoms with Gasteiger partial charge in [-0.2, -0.15) is 0 Å². The highest BCUT2D eigenvalue weighted by molar-refractivity contribution is 5.69. The first-order chi connectivity index (χ1) is 11.9. The molecular weight excluding hydrogens is 316 g/mol. The van der Waals surface area contributed by atoms with Crippen molar-refractivity contribution < 1.29 is 19.7 Å². The van der Waals surface area contributed by atoms with E-state index in [-0.39, 0.29) is 23.4 Å². The van der Waals surface area contributed by atoms with Gasteiger partial charge in [0, 0.05) is 6.42 Å². The molecule has 0 saturated heterocycles. The van der Waals surface area contributed by atoms with Crippen LogP contribution in [0.15, 0.2) is 18.2 Å². The van der Waals surface area contributed by atoms with Gasteiger partial charge in [0.25, 0.3) is 0 Å². The largest absolute Gasteiger partial charge is 0.508 e. The minimum absolute atomic E-state index is 0.0890. The highest BCUT2D eigenvalue weighted by Crippen LogP contribution is 2.63. The van der Waals surface area contributed by atoms with Crippen LogP contribution in [0.25, 0.3) is 0 Å². The Kier molecular flexibility index (Phi) is 4.06. The molecule has 1 aromatic rings. The molecule has 0 spiro atoms. The Balaban J connectivity index is 1.68. The van der Waals surface area contributed by atoms with Crippen LogP contribution in [0.5, 0.6) is 5.75 Å². The van der Waals surface area contributed by atoms with Crippen molar-refractivity contribution in [2.45, 2.75) is 57.5 Å². The topological polar surface area (TPSA) is 66.8 Å². The minimum Gasteiger partial charge on any atom is -0.508 e. The van der Waals surface area contributed by atoms with Crippen LogP contribution in [-0.2, 0) is 16.0 Å². The molecule has 0 aliphatic heterocycles. The van der Waals surface area contributed by atoms with Crippen LogP contribution in [-0.4, -0.2) is 29.4 Å². The molecule has 0 heterocycles. The van der Waals surface area contributed by atoms with Gasteiger partial charge in [-0.1, -0.05) is 13.0 Å². The number of esters is 1. The summed E-state index contributed by atoms with van der Waals surface area (Å²) in [5, 5.41) is 20.6. The molecule has 0 amide bonds. The van der Waals surface area contributed by atoms with Crippen molar-refractivity contribution in [2.24, 2.45) is 23.2 Å². The minimum atomic E-state index is -0.325. The van der Waals surface area contributed by atoms with Crippen molar-refractivity contribution in [3.8, 4) is 5.75 Å². The van der Waals surface area contributed by atoms with Gasteiger partial charge in [0.05, 0.1) is 13.2 Å². The SMILES string of the molecule is COC(=O)C[C@H]1C[C@H](O)[C@@]2(C)CC[C@@H]3c4ccc(O)cc4CC[C@H]3[C@H]12. The zero-order valence-electron chi connectivity index (χ0n) is 15.1. The number of ether oxygens (including phenoxy) is 1. The number of aromatic hydroxyl groups is 1. The van der Waals surface area contributed by atoms with Gasteiger partial charge in [-0.05, 0) is 84.5 Å². The van der Waals surface area contributed by atoms with Crippen molar-refractivity contribution in [2.75, 3.05) is 7.11 Å². The summed E-state index contributed by atoms with van der Waals surface area (Å²) in [6.45, 7) is 2.22. The van der Waals surface area contributed by atoms with Crippen molar-refractivity contribution in [3.05, 3.63) is 29.3 Å². The van der Waals surface area contributed by atoms with E-state index in [0.717, 1.165) is 25.7 Å². The molecular formula is C21H28O4. The Morgan fingerprint density at radius 2 is 2.16 bits per heavy atom. The lowest BCUT2D eigenvalue weighted by Gasteiger charge is -2.51. The third-order valence-corrected chi connectivity index (χ3v) is 7.46. The summed E-state index contributed by atoms with van der Waals surface area (Å²) >= 11 is 0. The first-order valence-corrected chi connectivity index (χ1v) is 9.50. The van der Waals surface area contributed by atoms with Crippen LogP contribution in [0, 0.1) is 23.2 Å². The predicted molar refractivity (Wildman–Crippen MR) is 94.2 cm³/mol. The molecule has 136 valence electrons. The van der Waals surface area contributed by atoms with Gasteiger partial charge in [-0.3, -0.25) is 4.79 Å². The highest BCUT2D eigenvalue weighted by atomic mass is 16.5. The lowest BCUT2D eigenvalue weighted by Crippen LogP contribution is -2.45. The maximum Gasteiger partial charge on any atom is 0.305 e. The number of hydrogen-bond donors (Lipinski definition) is 2. The number of fused-ring (bicyclic) bond motifs is 5. The first kappa shape index (κ1) is 16.9. The molecule has 4 nitrogen and oxygen atoms in total. The predicted octanol–water partition coefficient (Wildman–Crippen LogP) is 3.40. The average Bonchev–Trinajstić information content (AvgIpc) is 2.84. The zero-order chi connectivity index (χ0) is 17.8. The fourth-order valence-corrected chi connectivity index (χ4v) is 6.33. The number of phenolic OH excluding ortho intramolecular Hbond substituents is 1. The number of methoxy groups -OCH3 is 1. The smallest absolute Gasteiger partial charge is 0.305 e. The van der Waals surface area contributed by atoms with Crippen LogP contribution >= 0.6 is 0 Å². The third-order valence-electron chi connectivity index (χ3n) is 7.46. The molecule has 3 aliphatic carbocycles. The Labute approximate surface area is 149 Å². The second-order valence-corrected chi connectivity index (χ2v) is 8.55. The van der Waals surface area contributed by atoms with Crippen molar-refractivity contribution in [1.82, 2.24) is 0 Å². The molecule has 1 aromatic carbocycles. The number of phenols is 1. The number of aliphatic hydroxyl groups is 1. The van der Waals surface area contributed by atoms with Crippen LogP contribution in [0.4, 0.5) is 0 Å². The monoisotopic (exact) mass is 344 g/mol. The van der Waals surface area contributed by atoms with Gasteiger partial charge in [0.1, 0.15) is 5.75 Å². The lowest BCUT2D eigenvalue weighted by molar-refractivity contribution is -0.142. The van der Waals surface area contributed by atoms with Gasteiger partial charge in [-0.15, -0.1) is 0 Å². The van der Waals surface area contributed by atoms with E-state index in [9.17, 15) is 15.0 Å². The highest BCUT2D eigenvalue weighted by Gasteiger charge is 2.58. The number of benzene rings is 1. The number of hydrogen-bond acceptors (Lipinski definition) is 4. The summed E-state index contributed by atoms with van der Waals surface area (Å²) < 4.78 is 4.92. The summed E-state index contributed by atoms with van der Waals surface area (Å²) in [6.07, 6.45) is 4.93. The van der Waals surface area contributed by atoms with E-state index in [1.165, 1.54) is 18.2 Å². The lowest BCUT2D eigenvalue weighted by atomic mass is 9.54. The number of rotatable bonds is 2. The van der Waals surface area contributed by atoms with Crippen LogP contribution in [0.2, 0.25) is 0 Å². The molecule has 0 bridgehead atoms. The van der Waals surface area contributed by atoms with E-state index in [1.807, 2.05) is 6.07 Å². The average molecular weight is 344 g/mol. The number of aliphatic hydroxyl groups excluding tert-OH is 1. The number of carbonyl (C=O) groups excluding carboxylic acids is 1. The molecule has 3 aliphatic rings. The van der Waals surface area contributed by atoms with E-state index in [0.29, 0.717) is 36.3 Å². The number of carbonyl (C=O) groups is 1. The summed E-state index contributed by atoms with van der Waals surface area (Å²) in [4.78, 5) is 11.9. The van der Waals surface area contributed by atoms with Crippen molar-refractivity contribution in [1.29, 1.82) is 0 Å². The van der Waals surface area contributed by atoms with Crippen LogP contribution < -0.4 is 0 Å². The summed E-state index contributed by atoms with van der Waals surface area (Å²) in [5.41, 5.74) is 2.55. The van der Waals surface area contributed by atoms with Gasteiger partial charge in [0.2, 0.25) is 0 Å². The molecule has 2 fully saturated rings. The summed E-state index contributed by atoms with van der Waals surface area (Å²) in [7, 11) is 1.44. The molecule has 4 heteroatoms. The van der Waals surface area contributed by atoms with Crippen molar-refractivity contribution in [3.63, 3.8) is 0 Å².